The second kappa shape index (κ2) is 5.68. The number of para-hydroxylation sites is 1. The predicted octanol–water partition coefficient (Wildman–Crippen LogP) is 4.13. The summed E-state index contributed by atoms with van der Waals surface area (Å²) in [4.78, 5) is 25.5. The maximum absolute atomic E-state index is 13.6. The molecule has 116 valence electrons. The molecule has 23 heavy (non-hydrogen) atoms. The number of rotatable bonds is 2. The highest BCUT2D eigenvalue weighted by Gasteiger charge is 2.21. The van der Waals surface area contributed by atoms with Crippen LogP contribution in [0.25, 0.3) is 10.9 Å². The van der Waals surface area contributed by atoms with Gasteiger partial charge in [0.25, 0.3) is 0 Å². The molecule has 5 heteroatoms. The Bertz CT molecular complexity index is 914. The summed E-state index contributed by atoms with van der Waals surface area (Å²) in [6, 6.07) is 13.1. The summed E-state index contributed by atoms with van der Waals surface area (Å²) in [6.07, 6.45) is 1.61. The van der Waals surface area contributed by atoms with Crippen molar-refractivity contribution in [2.45, 2.75) is 13.8 Å². The van der Waals surface area contributed by atoms with Gasteiger partial charge in [0, 0.05) is 25.4 Å². The lowest BCUT2D eigenvalue weighted by Gasteiger charge is -2.20. The number of carbonyl (C=O) groups excluding carboxylic acids is 2. The van der Waals surface area contributed by atoms with Crippen molar-refractivity contribution in [3.05, 3.63) is 60.5 Å². The Morgan fingerprint density at radius 1 is 1.04 bits per heavy atom. The quantitative estimate of drug-likeness (QED) is 0.714. The van der Waals surface area contributed by atoms with E-state index in [4.69, 9.17) is 0 Å². The topological polar surface area (TPSA) is 42.3 Å². The second-order valence-corrected chi connectivity index (χ2v) is 5.25. The van der Waals surface area contributed by atoms with Crippen molar-refractivity contribution in [2.75, 3.05) is 4.90 Å². The molecule has 0 spiro atoms. The number of amides is 1. The van der Waals surface area contributed by atoms with Crippen molar-refractivity contribution in [3.8, 4) is 0 Å². The van der Waals surface area contributed by atoms with Crippen LogP contribution in [-0.4, -0.2) is 16.4 Å². The third kappa shape index (κ3) is 2.61. The van der Waals surface area contributed by atoms with E-state index in [2.05, 4.69) is 0 Å². The van der Waals surface area contributed by atoms with Crippen molar-refractivity contribution in [2.24, 2.45) is 0 Å². The molecule has 0 aliphatic heterocycles. The maximum Gasteiger partial charge on any atom is 0.228 e. The molecule has 0 bridgehead atoms. The average molecular weight is 310 g/mol. The molecule has 0 atom stereocenters. The predicted molar refractivity (Wildman–Crippen MR) is 87.5 cm³/mol. The number of benzene rings is 2. The van der Waals surface area contributed by atoms with Crippen LogP contribution in [0.5, 0.6) is 0 Å². The van der Waals surface area contributed by atoms with Gasteiger partial charge in [-0.2, -0.15) is 0 Å². The molecule has 1 amide bonds. The molecule has 0 fully saturated rings. The molecule has 4 nitrogen and oxygen atoms in total. The average Bonchev–Trinajstić information content (AvgIpc) is 2.87. The zero-order chi connectivity index (χ0) is 16.6. The minimum absolute atomic E-state index is 0.157. The normalized spacial score (nSPS) is 10.7. The first-order valence-electron chi connectivity index (χ1n) is 7.16. The molecule has 3 rings (SSSR count). The lowest BCUT2D eigenvalue weighted by molar-refractivity contribution is -0.115. The molecule has 1 aromatic heterocycles. The molecule has 3 aromatic rings. The molecule has 2 aromatic carbocycles. The summed E-state index contributed by atoms with van der Waals surface area (Å²) in [7, 11) is 0. The largest absolute Gasteiger partial charge is 0.285 e. The van der Waals surface area contributed by atoms with E-state index in [1.54, 1.807) is 18.3 Å². The number of carbonyl (C=O) groups is 2. The van der Waals surface area contributed by atoms with Crippen molar-refractivity contribution in [1.29, 1.82) is 0 Å². The summed E-state index contributed by atoms with van der Waals surface area (Å²) < 4.78 is 15.0. The van der Waals surface area contributed by atoms with E-state index in [0.717, 1.165) is 5.39 Å². The number of hydrogen-bond donors (Lipinski definition) is 0. The van der Waals surface area contributed by atoms with Gasteiger partial charge < -0.3 is 0 Å². The number of anilines is 2. The van der Waals surface area contributed by atoms with E-state index in [1.807, 2.05) is 24.3 Å². The molecule has 1 heterocycles. The molecule has 0 unspecified atom stereocenters. The Morgan fingerprint density at radius 2 is 1.78 bits per heavy atom. The Morgan fingerprint density at radius 3 is 2.43 bits per heavy atom. The van der Waals surface area contributed by atoms with Crippen molar-refractivity contribution < 1.29 is 14.0 Å². The zero-order valence-electron chi connectivity index (χ0n) is 12.8. The fraction of sp³-hybridized carbons (Fsp3) is 0.111. The minimum atomic E-state index is -0.427. The highest BCUT2D eigenvalue weighted by atomic mass is 19.1. The summed E-state index contributed by atoms with van der Waals surface area (Å²) in [5, 5.41) is 0.752. The van der Waals surface area contributed by atoms with Crippen LogP contribution in [0.4, 0.5) is 15.8 Å². The lowest BCUT2D eigenvalue weighted by Crippen LogP contribution is -2.22. The summed E-state index contributed by atoms with van der Waals surface area (Å²) in [5.74, 6) is -0.846. The van der Waals surface area contributed by atoms with Gasteiger partial charge in [0.2, 0.25) is 11.8 Å². The van der Waals surface area contributed by atoms with E-state index in [9.17, 15) is 14.0 Å². The van der Waals surface area contributed by atoms with Crippen LogP contribution in [0.2, 0.25) is 0 Å². The van der Waals surface area contributed by atoms with Crippen molar-refractivity contribution in [3.63, 3.8) is 0 Å². The summed E-state index contributed by atoms with van der Waals surface area (Å²) in [5.41, 5.74) is 1.68. The highest BCUT2D eigenvalue weighted by molar-refractivity contribution is 6.09. The van der Waals surface area contributed by atoms with Gasteiger partial charge in [0.1, 0.15) is 5.82 Å². The fourth-order valence-corrected chi connectivity index (χ4v) is 2.71. The first kappa shape index (κ1) is 15.0. The third-order valence-electron chi connectivity index (χ3n) is 3.65. The molecule has 0 saturated heterocycles. The Kier molecular flexibility index (Phi) is 3.70. The third-order valence-corrected chi connectivity index (χ3v) is 3.65. The van der Waals surface area contributed by atoms with Gasteiger partial charge in [-0.15, -0.1) is 0 Å². The molecule has 0 N–H and O–H groups in total. The van der Waals surface area contributed by atoms with Crippen LogP contribution in [0.3, 0.4) is 0 Å². The minimum Gasteiger partial charge on any atom is -0.285 e. The molecule has 0 aliphatic rings. The maximum atomic E-state index is 13.6. The molecule has 0 radical (unpaired) electrons. The number of aromatic nitrogens is 1. The van der Waals surface area contributed by atoms with Crippen LogP contribution < -0.4 is 4.90 Å². The fourth-order valence-electron chi connectivity index (χ4n) is 2.71. The van der Waals surface area contributed by atoms with Crippen LogP contribution >= 0.6 is 0 Å². The Hall–Kier alpha value is -2.95. The van der Waals surface area contributed by atoms with Gasteiger partial charge in [0.05, 0.1) is 16.9 Å². The van der Waals surface area contributed by atoms with E-state index >= 15 is 0 Å². The smallest absolute Gasteiger partial charge is 0.228 e. The Labute approximate surface area is 132 Å². The standard InChI is InChI=1S/C18H15FN2O2/c1-12(22)20-11-18(16-8-3-4-9-17(16)20)21(13(2)23)15-7-5-6-14(19)10-15/h3-11H,1-2H3. The van der Waals surface area contributed by atoms with Gasteiger partial charge in [-0.1, -0.05) is 24.3 Å². The van der Waals surface area contributed by atoms with Crippen molar-refractivity contribution in [1.82, 2.24) is 4.57 Å². The van der Waals surface area contributed by atoms with Crippen molar-refractivity contribution >= 4 is 34.1 Å². The van der Waals surface area contributed by atoms with Gasteiger partial charge >= 0.3 is 0 Å². The monoisotopic (exact) mass is 310 g/mol. The number of fused-ring (bicyclic) bond motifs is 1. The van der Waals surface area contributed by atoms with Gasteiger partial charge in [-0.3, -0.25) is 19.1 Å². The van der Waals surface area contributed by atoms with Crippen LogP contribution in [-0.2, 0) is 4.79 Å². The summed E-state index contributed by atoms with van der Waals surface area (Å²) >= 11 is 0. The first-order valence-corrected chi connectivity index (χ1v) is 7.16. The SMILES string of the molecule is CC(=O)N(c1cccc(F)c1)c1cn(C(C)=O)c2ccccc12. The first-order chi connectivity index (χ1) is 11.0. The lowest BCUT2D eigenvalue weighted by atomic mass is 10.2. The second-order valence-electron chi connectivity index (χ2n) is 5.25. The molecular weight excluding hydrogens is 295 g/mol. The Balaban J connectivity index is 2.28. The number of halogens is 1. The highest BCUT2D eigenvalue weighted by Crippen LogP contribution is 2.34. The molecular formula is C18H15FN2O2. The van der Waals surface area contributed by atoms with E-state index in [0.29, 0.717) is 16.9 Å². The van der Waals surface area contributed by atoms with Crippen LogP contribution in [0, 0.1) is 5.82 Å². The van der Waals surface area contributed by atoms with E-state index < -0.39 is 5.82 Å². The van der Waals surface area contributed by atoms with E-state index in [1.165, 1.54) is 35.4 Å². The molecule has 0 saturated carbocycles. The van der Waals surface area contributed by atoms with Crippen LogP contribution in [0.15, 0.2) is 54.7 Å². The van der Waals surface area contributed by atoms with E-state index in [-0.39, 0.29) is 11.8 Å². The van der Waals surface area contributed by atoms with Gasteiger partial charge in [0.15, 0.2) is 0 Å². The van der Waals surface area contributed by atoms with Gasteiger partial charge in [-0.05, 0) is 24.3 Å². The zero-order valence-corrected chi connectivity index (χ0v) is 12.8. The van der Waals surface area contributed by atoms with Gasteiger partial charge in [-0.25, -0.2) is 4.39 Å². The number of hydrogen-bond acceptors (Lipinski definition) is 2. The molecule has 0 aliphatic carbocycles. The number of nitrogens with zero attached hydrogens (tertiary/aromatic N) is 2. The van der Waals surface area contributed by atoms with Crippen LogP contribution in [0.1, 0.15) is 18.6 Å². The summed E-state index contributed by atoms with van der Waals surface area (Å²) in [6.45, 7) is 2.86.